The molecule has 1 aliphatic carbocycles. The Hall–Kier alpha value is -2.40. The highest BCUT2D eigenvalue weighted by atomic mass is 79.9. The number of rotatable bonds is 6. The summed E-state index contributed by atoms with van der Waals surface area (Å²) in [6.45, 7) is -0.0809. The van der Waals surface area contributed by atoms with Gasteiger partial charge in [0, 0.05) is 11.6 Å². The highest BCUT2D eigenvalue weighted by Crippen LogP contribution is 2.48. The molecule has 146 valence electrons. The molecule has 4 rings (SSSR count). The zero-order valence-electron chi connectivity index (χ0n) is 14.3. The van der Waals surface area contributed by atoms with Crippen LogP contribution < -0.4 is 11.1 Å². The Morgan fingerprint density at radius 1 is 1.43 bits per heavy atom. The quantitative estimate of drug-likeness (QED) is 0.572. The minimum absolute atomic E-state index is 0.0809. The highest BCUT2D eigenvalue weighted by Gasteiger charge is 2.31. The first-order valence-corrected chi connectivity index (χ1v) is 9.97. The van der Waals surface area contributed by atoms with Gasteiger partial charge in [0.15, 0.2) is 0 Å². The fraction of sp³-hybridized carbons (Fsp3) is 0.294. The topological polar surface area (TPSA) is 103 Å². The molecule has 1 saturated carbocycles. The second-order valence-corrected chi connectivity index (χ2v) is 8.38. The number of carbonyl (C=O) groups excluding carboxylic acids is 2. The molecule has 0 bridgehead atoms. The van der Waals surface area contributed by atoms with Gasteiger partial charge in [-0.15, -0.1) is 11.3 Å². The molecule has 0 unspecified atom stereocenters. The summed E-state index contributed by atoms with van der Waals surface area (Å²) < 4.78 is 28.6. The lowest BCUT2D eigenvalue weighted by atomic mass is 10.0. The van der Waals surface area contributed by atoms with Gasteiger partial charge in [0.25, 0.3) is 12.3 Å². The number of fused-ring (bicyclic) bond motifs is 1. The third-order valence-corrected chi connectivity index (χ3v) is 5.86. The summed E-state index contributed by atoms with van der Waals surface area (Å²) in [5.41, 5.74) is 6.03. The van der Waals surface area contributed by atoms with Gasteiger partial charge in [0.2, 0.25) is 5.91 Å². The van der Waals surface area contributed by atoms with Crippen LogP contribution >= 0.6 is 27.3 Å². The monoisotopic (exact) mass is 469 g/mol. The number of carbonyl (C=O) groups is 2. The van der Waals surface area contributed by atoms with Crippen LogP contribution in [0.5, 0.6) is 0 Å². The van der Waals surface area contributed by atoms with Crippen molar-refractivity contribution in [1.82, 2.24) is 14.8 Å². The molecule has 11 heteroatoms. The zero-order valence-corrected chi connectivity index (χ0v) is 16.7. The lowest BCUT2D eigenvalue weighted by molar-refractivity contribution is -0.116. The normalized spacial score (nSPS) is 14.0. The Kier molecular flexibility index (Phi) is 4.88. The van der Waals surface area contributed by atoms with Gasteiger partial charge in [0.1, 0.15) is 21.9 Å². The molecule has 3 aromatic heterocycles. The molecule has 0 radical (unpaired) electrons. The molecule has 0 spiro atoms. The number of pyridine rings is 1. The summed E-state index contributed by atoms with van der Waals surface area (Å²) in [4.78, 5) is 28.8. The molecule has 3 N–H and O–H groups in total. The SMILES string of the molecule is NC(=O)c1sc2nc(C(F)F)cc(C3CC3)c2c1NC(=O)Cn1cc(Br)cn1. The highest BCUT2D eigenvalue weighted by molar-refractivity contribution is 9.10. The van der Waals surface area contributed by atoms with Crippen LogP contribution in [-0.2, 0) is 11.3 Å². The molecule has 3 heterocycles. The van der Waals surface area contributed by atoms with Gasteiger partial charge >= 0.3 is 0 Å². The molecule has 7 nitrogen and oxygen atoms in total. The van der Waals surface area contributed by atoms with Crippen molar-refractivity contribution in [3.63, 3.8) is 0 Å². The third kappa shape index (κ3) is 3.63. The van der Waals surface area contributed by atoms with Crippen molar-refractivity contribution < 1.29 is 18.4 Å². The Bertz CT molecular complexity index is 1090. The smallest absolute Gasteiger partial charge is 0.280 e. The average molecular weight is 470 g/mol. The Labute approximate surface area is 170 Å². The minimum atomic E-state index is -2.72. The number of nitrogens with zero attached hydrogens (tertiary/aromatic N) is 3. The zero-order chi connectivity index (χ0) is 20.0. The van der Waals surface area contributed by atoms with Crippen LogP contribution in [0.2, 0.25) is 0 Å². The van der Waals surface area contributed by atoms with Crippen molar-refractivity contribution in [2.24, 2.45) is 5.73 Å². The number of aromatic nitrogens is 3. The van der Waals surface area contributed by atoms with Gasteiger partial charge in [-0.05, 0) is 46.3 Å². The molecule has 2 amide bonds. The van der Waals surface area contributed by atoms with E-state index in [2.05, 4.69) is 31.3 Å². The van der Waals surface area contributed by atoms with Crippen molar-refractivity contribution in [1.29, 1.82) is 0 Å². The summed E-state index contributed by atoms with van der Waals surface area (Å²) in [7, 11) is 0. The fourth-order valence-electron chi connectivity index (χ4n) is 3.02. The first kappa shape index (κ1) is 18.9. The number of anilines is 1. The molecule has 0 saturated heterocycles. The second-order valence-electron chi connectivity index (χ2n) is 6.47. The van der Waals surface area contributed by atoms with E-state index in [-0.39, 0.29) is 33.6 Å². The van der Waals surface area contributed by atoms with Crippen molar-refractivity contribution in [2.75, 3.05) is 5.32 Å². The number of hydrogen-bond donors (Lipinski definition) is 2. The summed E-state index contributed by atoms with van der Waals surface area (Å²) >= 11 is 4.16. The van der Waals surface area contributed by atoms with Crippen LogP contribution in [0.25, 0.3) is 10.2 Å². The first-order chi connectivity index (χ1) is 13.3. The minimum Gasteiger partial charge on any atom is -0.365 e. The number of hydrogen-bond acceptors (Lipinski definition) is 5. The number of alkyl halides is 2. The van der Waals surface area contributed by atoms with Gasteiger partial charge in [-0.3, -0.25) is 14.3 Å². The number of halogens is 3. The maximum absolute atomic E-state index is 13.2. The largest absolute Gasteiger partial charge is 0.365 e. The number of primary amides is 1. The lowest BCUT2D eigenvalue weighted by Crippen LogP contribution is -2.21. The van der Waals surface area contributed by atoms with Gasteiger partial charge < -0.3 is 11.1 Å². The van der Waals surface area contributed by atoms with E-state index in [4.69, 9.17) is 5.73 Å². The maximum Gasteiger partial charge on any atom is 0.280 e. The van der Waals surface area contributed by atoms with Crippen LogP contribution in [-0.4, -0.2) is 26.6 Å². The van der Waals surface area contributed by atoms with Crippen LogP contribution in [0.3, 0.4) is 0 Å². The van der Waals surface area contributed by atoms with Crippen molar-refractivity contribution in [3.05, 3.63) is 39.1 Å². The molecular formula is C17H14BrF2N5O2S. The number of nitrogens with one attached hydrogen (secondary N) is 1. The summed E-state index contributed by atoms with van der Waals surface area (Å²) in [5, 5.41) is 7.24. The average Bonchev–Trinajstić information content (AvgIpc) is 3.30. The van der Waals surface area contributed by atoms with Gasteiger partial charge in [-0.25, -0.2) is 13.8 Å². The van der Waals surface area contributed by atoms with Crippen molar-refractivity contribution >= 4 is 55.0 Å². The molecular weight excluding hydrogens is 456 g/mol. The van der Waals surface area contributed by atoms with Crippen LogP contribution in [0.1, 0.15) is 46.1 Å². The molecule has 1 aliphatic rings. The molecule has 0 atom stereocenters. The predicted octanol–water partition coefficient (Wildman–Crippen LogP) is 3.81. The first-order valence-electron chi connectivity index (χ1n) is 8.36. The van der Waals surface area contributed by atoms with Gasteiger partial charge in [-0.2, -0.15) is 5.10 Å². The van der Waals surface area contributed by atoms with E-state index < -0.39 is 18.2 Å². The third-order valence-electron chi connectivity index (χ3n) is 4.35. The number of amides is 2. The van der Waals surface area contributed by atoms with E-state index in [0.717, 1.165) is 28.7 Å². The maximum atomic E-state index is 13.2. The Balaban J connectivity index is 1.78. The van der Waals surface area contributed by atoms with Crippen molar-refractivity contribution in [2.45, 2.75) is 31.7 Å². The van der Waals surface area contributed by atoms with Crippen LogP contribution in [0.4, 0.5) is 14.5 Å². The van der Waals surface area contributed by atoms with E-state index in [0.29, 0.717) is 10.9 Å². The van der Waals surface area contributed by atoms with Crippen LogP contribution in [0, 0.1) is 0 Å². The van der Waals surface area contributed by atoms with E-state index in [1.807, 2.05) is 0 Å². The molecule has 0 aromatic carbocycles. The van der Waals surface area contributed by atoms with Crippen LogP contribution in [0.15, 0.2) is 22.9 Å². The number of thiophene rings is 1. The second kappa shape index (κ2) is 7.21. The van der Waals surface area contributed by atoms with Gasteiger partial charge in [-0.1, -0.05) is 0 Å². The Morgan fingerprint density at radius 2 is 2.18 bits per heavy atom. The summed E-state index contributed by atoms with van der Waals surface area (Å²) in [6, 6.07) is 1.36. The lowest BCUT2D eigenvalue weighted by Gasteiger charge is -2.10. The predicted molar refractivity (Wildman–Crippen MR) is 104 cm³/mol. The Morgan fingerprint density at radius 3 is 2.75 bits per heavy atom. The molecule has 1 fully saturated rings. The molecule has 3 aromatic rings. The van der Waals surface area contributed by atoms with E-state index >= 15 is 0 Å². The standard InChI is InChI=1S/C17H14BrF2N5O2S/c18-8-4-22-25(5-8)6-11(26)24-13-12-9(7-1-2-7)3-10(15(19)20)23-17(12)28-14(13)16(21)27/h3-5,7,15H,1-2,6H2,(H2,21,27)(H,24,26). The summed E-state index contributed by atoms with van der Waals surface area (Å²) in [5.74, 6) is -1.06. The molecule has 0 aliphatic heterocycles. The fourth-order valence-corrected chi connectivity index (χ4v) is 4.37. The van der Waals surface area contributed by atoms with Crippen molar-refractivity contribution in [3.8, 4) is 0 Å². The van der Waals surface area contributed by atoms with E-state index in [1.165, 1.54) is 10.7 Å². The van der Waals surface area contributed by atoms with E-state index in [1.54, 1.807) is 12.4 Å². The van der Waals surface area contributed by atoms with Gasteiger partial charge in [0.05, 0.1) is 16.4 Å². The number of nitrogens with two attached hydrogens (primary N) is 1. The van der Waals surface area contributed by atoms with E-state index in [9.17, 15) is 18.4 Å². The molecule has 28 heavy (non-hydrogen) atoms. The summed E-state index contributed by atoms with van der Waals surface area (Å²) in [6.07, 6.45) is 2.17.